The molecule has 0 aromatic rings. The van der Waals surface area contributed by atoms with E-state index in [0.717, 1.165) is 0 Å². The Morgan fingerprint density at radius 1 is 0.0156 bits per heavy atom. The fourth-order valence-electron chi connectivity index (χ4n) is 0. The summed E-state index contributed by atoms with van der Waals surface area (Å²) in [6.45, 7) is 0. The van der Waals surface area contributed by atoms with Crippen LogP contribution >= 0.6 is 0 Å². The van der Waals surface area contributed by atoms with Crippen LogP contribution in [0.1, 0.15) is 0 Å². The predicted octanol–water partition coefficient (Wildman–Crippen LogP) is 0. The van der Waals surface area contributed by atoms with Crippen LogP contribution in [-0.2, 0) is 0 Å². The Bertz CT molecular complexity index is 0. The van der Waals surface area contributed by atoms with Crippen molar-refractivity contribution in [1.82, 2.24) is 0 Å². The number of hydrogen-bond donors (Lipinski definition) is 0. The Kier molecular flexibility index (Phi) is 3340. The minimum atomic E-state index is 0. The van der Waals surface area contributed by atoms with Crippen LogP contribution in [0.25, 0.3) is 0 Å². The average molecular weight is 8890 g/mol. The van der Waals surface area contributed by atoms with Gasteiger partial charge in [-0.2, -0.15) is 0 Å². The third kappa shape index (κ3) is 448. The van der Waals surface area contributed by atoms with E-state index in [1.807, 2.05) is 0 Å². The SMILES string of the molecule is [La].[La].[La].[La].[La].[La].[La].[La].[La].[La].[La].[La].[La].[La].[La].[La].[La].[La].[La].[La].[La].[La].[La].[La].[La].[La].[La].[La].[La].[La].[La].[La].[La].[La].[La].[La].[La].[La].[La].[La].[La].[La].[La].[La].[La].[La].[La].[La].[La].[La].[La].[La].[La].[La].[La].[La].[La].[La].[La].[La].[La].[La].[La].[La]. The molecule has 0 unspecified atom stereocenters. The molecule has 0 fully saturated rings. The van der Waals surface area contributed by atoms with E-state index in [-0.39, 0.29) is 2280 Å². The molecule has 0 saturated heterocycles. The van der Waals surface area contributed by atoms with Crippen LogP contribution in [0.5, 0.6) is 0 Å². The Hall–Kier alpha value is 76.5. The fourth-order valence-corrected chi connectivity index (χ4v) is 0. The Morgan fingerprint density at radius 3 is 0.0156 bits per heavy atom. The Labute approximate surface area is 2180 Å². The van der Waals surface area contributed by atoms with Crippen molar-refractivity contribution >= 4 is 0 Å². The molecule has 0 heterocycles. The first-order valence-corrected chi connectivity index (χ1v) is 0. The van der Waals surface area contributed by atoms with Crippen molar-refractivity contribution in [2.24, 2.45) is 0 Å². The van der Waals surface area contributed by atoms with E-state index in [9.17, 15) is 0 Å². The summed E-state index contributed by atoms with van der Waals surface area (Å²) in [5.74, 6) is 0. The van der Waals surface area contributed by atoms with Crippen LogP contribution in [0.3, 0.4) is 0 Å². The first-order chi connectivity index (χ1) is 0. The van der Waals surface area contributed by atoms with Gasteiger partial charge in [0, 0.05) is 2280 Å². The van der Waals surface area contributed by atoms with Crippen molar-refractivity contribution in [3.63, 3.8) is 0 Å². The first kappa shape index (κ1) is 467. The van der Waals surface area contributed by atoms with Gasteiger partial charge in [-0.15, -0.1) is 0 Å². The zero-order valence-corrected chi connectivity index (χ0v) is 269. The van der Waals surface area contributed by atoms with E-state index in [0.29, 0.717) is 0 Å². The normalized spacial score (nSPS) is 0. The van der Waals surface area contributed by atoms with Gasteiger partial charge in [-0.1, -0.05) is 0 Å². The Morgan fingerprint density at radius 2 is 0.0156 bits per heavy atom. The van der Waals surface area contributed by atoms with Gasteiger partial charge in [0.05, 0.1) is 0 Å². The van der Waals surface area contributed by atoms with E-state index in [4.69, 9.17) is 0 Å². The second kappa shape index (κ2) is 457. The molecule has 0 aliphatic rings. The molecule has 0 N–H and O–H groups in total. The second-order valence-electron chi connectivity index (χ2n) is 0. The molecule has 192 valence electrons. The quantitative estimate of drug-likeness (QED) is 0.321. The van der Waals surface area contributed by atoms with E-state index in [1.165, 1.54) is 0 Å². The minimum Gasteiger partial charge on any atom is 0 e. The molecule has 64 heavy (non-hydrogen) atoms. The summed E-state index contributed by atoms with van der Waals surface area (Å²) in [4.78, 5) is 0. The summed E-state index contributed by atoms with van der Waals surface area (Å²) in [7, 11) is 0. The maximum Gasteiger partial charge on any atom is 0 e. The van der Waals surface area contributed by atoms with E-state index in [2.05, 4.69) is 0 Å². The standard InChI is InChI=1S/64La. The largest absolute Gasteiger partial charge is 0 e. The molecule has 0 nitrogen and oxygen atoms in total. The maximum absolute atomic E-state index is 0. The predicted molar refractivity (Wildman–Crippen MR) is 0 cm³/mol. The smallest absolute Gasteiger partial charge is 0 e. The zero-order valence-electron chi connectivity index (χ0n) is 37.0. The molecule has 0 saturated carbocycles. The third-order valence-corrected chi connectivity index (χ3v) is 0. The summed E-state index contributed by atoms with van der Waals surface area (Å²) in [6, 6.07) is 0. The number of hydrogen-bond acceptors (Lipinski definition) is 0. The molecule has 0 atom stereocenters. The van der Waals surface area contributed by atoms with Crippen LogP contribution in [-0.4, -0.2) is 0 Å². The maximum atomic E-state index is 0. The van der Waals surface area contributed by atoms with Gasteiger partial charge < -0.3 is 0 Å². The van der Waals surface area contributed by atoms with Crippen LogP contribution in [0, 0.1) is 2280 Å². The third-order valence-electron chi connectivity index (χ3n) is 0. The van der Waals surface area contributed by atoms with E-state index in [1.54, 1.807) is 0 Å². The molecule has 0 aliphatic carbocycles. The van der Waals surface area contributed by atoms with Crippen molar-refractivity contribution < 1.29 is 2280 Å². The fraction of sp³-hybridized carbons (Fsp3) is 0. The second-order valence-corrected chi connectivity index (χ2v) is 0. The topological polar surface area (TPSA) is 0 Å². The minimum absolute atomic E-state index is 0. The molecular formula is La64. The van der Waals surface area contributed by atoms with Crippen molar-refractivity contribution in [1.29, 1.82) is 0 Å². The molecule has 64 heteroatoms. The van der Waals surface area contributed by atoms with Gasteiger partial charge in [-0.3, -0.25) is 0 Å². The van der Waals surface area contributed by atoms with Crippen molar-refractivity contribution in [2.45, 2.75) is 0 Å². The summed E-state index contributed by atoms with van der Waals surface area (Å²) < 4.78 is 0. The van der Waals surface area contributed by atoms with Gasteiger partial charge in [0.1, 0.15) is 0 Å². The van der Waals surface area contributed by atoms with Gasteiger partial charge >= 0.3 is 0 Å². The van der Waals surface area contributed by atoms with Gasteiger partial charge in [-0.25, -0.2) is 0 Å². The summed E-state index contributed by atoms with van der Waals surface area (Å²) in [5.41, 5.74) is 0. The summed E-state index contributed by atoms with van der Waals surface area (Å²) in [5, 5.41) is 0. The molecule has 0 amide bonds. The number of rotatable bonds is 0. The summed E-state index contributed by atoms with van der Waals surface area (Å²) >= 11 is 0. The van der Waals surface area contributed by atoms with Crippen molar-refractivity contribution in [3.8, 4) is 0 Å². The molecule has 0 aliphatic heterocycles. The van der Waals surface area contributed by atoms with Gasteiger partial charge in [0.2, 0.25) is 0 Å². The van der Waals surface area contributed by atoms with Crippen LogP contribution < -0.4 is 0 Å². The molecule has 0 bridgehead atoms. The van der Waals surface area contributed by atoms with Gasteiger partial charge in [-0.05, 0) is 0 Å². The van der Waals surface area contributed by atoms with Crippen molar-refractivity contribution in [3.05, 3.63) is 0 Å². The van der Waals surface area contributed by atoms with Gasteiger partial charge in [0.15, 0.2) is 0 Å². The van der Waals surface area contributed by atoms with E-state index >= 15 is 0 Å². The van der Waals surface area contributed by atoms with Crippen molar-refractivity contribution in [2.75, 3.05) is 0 Å². The van der Waals surface area contributed by atoms with Gasteiger partial charge in [0.25, 0.3) is 0 Å². The monoisotopic (exact) mass is 8890 g/mol. The summed E-state index contributed by atoms with van der Waals surface area (Å²) in [6.07, 6.45) is 0. The van der Waals surface area contributed by atoms with Crippen LogP contribution in [0.2, 0.25) is 0 Å². The van der Waals surface area contributed by atoms with Crippen LogP contribution in [0.15, 0.2) is 0 Å². The molecule has 64 radical (unpaired) electrons. The first-order valence-electron chi connectivity index (χ1n) is 0. The zero-order chi connectivity index (χ0) is 0. The molecule has 0 aromatic carbocycles. The average Bonchev–Trinajstić information content (AvgIpc) is 0. The Balaban J connectivity index is 0. The molecule has 0 spiro atoms. The molecular weight excluding hydrogens is 8890 g/mol. The van der Waals surface area contributed by atoms with Crippen LogP contribution in [0.4, 0.5) is 0 Å². The molecule has 0 rings (SSSR count). The molecule has 0 aromatic heterocycles. The van der Waals surface area contributed by atoms with E-state index < -0.39 is 0 Å².